The number of aromatic nitrogens is 1. The number of nitrogens with zero attached hydrogens (tertiary/aromatic N) is 3. The Bertz CT molecular complexity index is 1320. The number of hydrazone groups is 1. The minimum atomic E-state index is -4.02. The number of amides is 1. The second-order valence-electron chi connectivity index (χ2n) is 8.77. The van der Waals surface area contributed by atoms with Crippen LogP contribution in [0.2, 0.25) is 0 Å². The predicted molar refractivity (Wildman–Crippen MR) is 139 cm³/mol. The van der Waals surface area contributed by atoms with Crippen molar-refractivity contribution in [2.24, 2.45) is 5.10 Å². The van der Waals surface area contributed by atoms with Crippen LogP contribution in [0.15, 0.2) is 89.1 Å². The maximum absolute atomic E-state index is 13.2. The normalized spacial score (nSPS) is 11.6. The summed E-state index contributed by atoms with van der Waals surface area (Å²) in [6.07, 6.45) is 4.27. The number of nitrogens with one attached hydrogen (secondary N) is 1. The Labute approximate surface area is 216 Å². The molecule has 0 aliphatic rings. The second-order valence-corrected chi connectivity index (χ2v) is 10.6. The summed E-state index contributed by atoms with van der Waals surface area (Å²) in [6, 6.07) is 17.6. The maximum atomic E-state index is 13.2. The average molecular weight is 525 g/mol. The van der Waals surface area contributed by atoms with Crippen LogP contribution in [0.4, 0.5) is 5.69 Å². The van der Waals surface area contributed by atoms with Crippen LogP contribution in [-0.4, -0.2) is 50.2 Å². The number of esters is 1. The highest BCUT2D eigenvalue weighted by atomic mass is 32.2. The fourth-order valence-electron chi connectivity index (χ4n) is 3.04. The van der Waals surface area contributed by atoms with Crippen LogP contribution in [0.1, 0.15) is 26.3 Å². The van der Waals surface area contributed by atoms with Gasteiger partial charge in [-0.3, -0.25) is 14.1 Å². The Morgan fingerprint density at radius 1 is 1.03 bits per heavy atom. The Balaban J connectivity index is 1.60. The number of anilines is 1. The quantitative estimate of drug-likeness (QED) is 0.245. The van der Waals surface area contributed by atoms with Gasteiger partial charge in [0.2, 0.25) is 0 Å². The molecule has 0 saturated heterocycles. The molecule has 10 nitrogen and oxygen atoms in total. The SMILES string of the molecule is CC(C)(C)OC(=O)COc1ccc(/C=N\NC(=O)CN(c2cccnc2)S(=O)(=O)c2ccccc2)cc1. The molecule has 0 radical (unpaired) electrons. The smallest absolute Gasteiger partial charge is 0.344 e. The van der Waals surface area contributed by atoms with Gasteiger partial charge in [0, 0.05) is 6.20 Å². The Hall–Kier alpha value is -4.25. The van der Waals surface area contributed by atoms with Crippen molar-refractivity contribution in [3.8, 4) is 5.75 Å². The molecule has 0 fully saturated rings. The maximum Gasteiger partial charge on any atom is 0.344 e. The molecule has 11 heteroatoms. The molecule has 3 aromatic rings. The molecule has 0 aliphatic carbocycles. The summed E-state index contributed by atoms with van der Waals surface area (Å²) in [5.41, 5.74) is 2.64. The largest absolute Gasteiger partial charge is 0.482 e. The molecule has 1 amide bonds. The number of rotatable bonds is 10. The van der Waals surface area contributed by atoms with E-state index in [1.54, 1.807) is 75.4 Å². The van der Waals surface area contributed by atoms with Gasteiger partial charge in [-0.25, -0.2) is 18.6 Å². The number of carbonyl (C=O) groups is 2. The molecule has 194 valence electrons. The number of benzene rings is 2. The summed E-state index contributed by atoms with van der Waals surface area (Å²) >= 11 is 0. The Morgan fingerprint density at radius 2 is 1.73 bits per heavy atom. The minimum absolute atomic E-state index is 0.0455. The molecule has 0 unspecified atom stereocenters. The molecule has 37 heavy (non-hydrogen) atoms. The van der Waals surface area contributed by atoms with E-state index in [-0.39, 0.29) is 17.2 Å². The van der Waals surface area contributed by atoms with Crippen LogP contribution < -0.4 is 14.5 Å². The molecular formula is C26H28N4O6S. The Morgan fingerprint density at radius 3 is 2.35 bits per heavy atom. The van der Waals surface area contributed by atoms with E-state index in [9.17, 15) is 18.0 Å². The number of hydrogen-bond donors (Lipinski definition) is 1. The van der Waals surface area contributed by atoms with Gasteiger partial charge in [-0.15, -0.1) is 0 Å². The van der Waals surface area contributed by atoms with Crippen LogP contribution in [0.5, 0.6) is 5.75 Å². The lowest BCUT2D eigenvalue weighted by molar-refractivity contribution is -0.157. The zero-order chi connectivity index (χ0) is 26.9. The molecule has 1 aromatic heterocycles. The topological polar surface area (TPSA) is 127 Å². The van der Waals surface area contributed by atoms with Gasteiger partial charge in [0.15, 0.2) is 6.61 Å². The first-order chi connectivity index (χ1) is 17.5. The average Bonchev–Trinajstić information content (AvgIpc) is 2.87. The zero-order valence-corrected chi connectivity index (χ0v) is 21.5. The summed E-state index contributed by atoms with van der Waals surface area (Å²) in [5.74, 6) is -0.655. The first kappa shape index (κ1) is 27.3. The lowest BCUT2D eigenvalue weighted by atomic mass is 10.2. The van der Waals surface area contributed by atoms with E-state index in [0.717, 1.165) is 4.31 Å². The summed E-state index contributed by atoms with van der Waals surface area (Å²) in [6.45, 7) is 4.60. The third-order valence-corrected chi connectivity index (χ3v) is 6.40. The van der Waals surface area contributed by atoms with Crippen LogP contribution in [-0.2, 0) is 24.3 Å². The summed E-state index contributed by atoms with van der Waals surface area (Å²) in [4.78, 5) is 28.4. The van der Waals surface area contributed by atoms with E-state index < -0.39 is 34.0 Å². The molecule has 1 heterocycles. The van der Waals surface area contributed by atoms with Gasteiger partial charge in [0.1, 0.15) is 17.9 Å². The van der Waals surface area contributed by atoms with Gasteiger partial charge < -0.3 is 9.47 Å². The Kier molecular flexibility index (Phi) is 8.96. The number of hydrogen-bond acceptors (Lipinski definition) is 8. The van der Waals surface area contributed by atoms with E-state index in [0.29, 0.717) is 11.3 Å². The fourth-order valence-corrected chi connectivity index (χ4v) is 4.47. The molecule has 0 aliphatic heterocycles. The molecule has 2 aromatic carbocycles. The monoisotopic (exact) mass is 524 g/mol. The highest BCUT2D eigenvalue weighted by Crippen LogP contribution is 2.22. The van der Waals surface area contributed by atoms with Gasteiger partial charge in [0.05, 0.1) is 23.0 Å². The van der Waals surface area contributed by atoms with Crippen molar-refractivity contribution in [2.45, 2.75) is 31.3 Å². The fraction of sp³-hybridized carbons (Fsp3) is 0.231. The van der Waals surface area contributed by atoms with E-state index >= 15 is 0 Å². The first-order valence-electron chi connectivity index (χ1n) is 11.3. The van der Waals surface area contributed by atoms with Crippen molar-refractivity contribution in [1.82, 2.24) is 10.4 Å². The highest BCUT2D eigenvalue weighted by molar-refractivity contribution is 7.92. The van der Waals surface area contributed by atoms with E-state index in [2.05, 4.69) is 15.5 Å². The number of pyridine rings is 1. The third-order valence-electron chi connectivity index (χ3n) is 4.61. The van der Waals surface area contributed by atoms with Crippen molar-refractivity contribution in [3.63, 3.8) is 0 Å². The van der Waals surface area contributed by atoms with Gasteiger partial charge in [-0.05, 0) is 74.9 Å². The molecule has 0 saturated carbocycles. The zero-order valence-electron chi connectivity index (χ0n) is 20.7. The van der Waals surface area contributed by atoms with Crippen LogP contribution in [0, 0.1) is 0 Å². The lowest BCUT2D eigenvalue weighted by Gasteiger charge is -2.23. The van der Waals surface area contributed by atoms with Crippen molar-refractivity contribution >= 4 is 33.8 Å². The molecular weight excluding hydrogens is 496 g/mol. The molecule has 0 atom stereocenters. The van der Waals surface area contributed by atoms with Crippen LogP contribution in [0.3, 0.4) is 0 Å². The molecule has 1 N–H and O–H groups in total. The second kappa shape index (κ2) is 12.1. The number of sulfonamides is 1. The molecule has 0 spiro atoms. The van der Waals surface area contributed by atoms with Crippen molar-refractivity contribution in [3.05, 3.63) is 84.7 Å². The molecule has 0 bridgehead atoms. The van der Waals surface area contributed by atoms with Gasteiger partial charge in [-0.2, -0.15) is 5.10 Å². The van der Waals surface area contributed by atoms with E-state index in [4.69, 9.17) is 9.47 Å². The molecule has 3 rings (SSSR count). The van der Waals surface area contributed by atoms with Crippen molar-refractivity contribution in [1.29, 1.82) is 0 Å². The number of ether oxygens (including phenoxy) is 2. The number of carbonyl (C=O) groups excluding carboxylic acids is 2. The van der Waals surface area contributed by atoms with Gasteiger partial charge in [-0.1, -0.05) is 18.2 Å². The lowest BCUT2D eigenvalue weighted by Crippen LogP contribution is -2.39. The third kappa shape index (κ3) is 8.43. The summed E-state index contributed by atoms with van der Waals surface area (Å²) < 4.78 is 38.0. The highest BCUT2D eigenvalue weighted by Gasteiger charge is 2.27. The first-order valence-corrected chi connectivity index (χ1v) is 12.7. The van der Waals surface area contributed by atoms with Gasteiger partial charge in [0.25, 0.3) is 15.9 Å². The van der Waals surface area contributed by atoms with Gasteiger partial charge >= 0.3 is 5.97 Å². The standard InChI is InChI=1S/C26H28N4O6S/c1-26(2,3)36-25(32)19-35-22-13-11-20(12-14-22)16-28-29-24(31)18-30(21-8-7-15-27-17-21)37(33,34)23-9-5-4-6-10-23/h4-17H,18-19H2,1-3H3,(H,29,31)/b28-16-. The van der Waals surface area contributed by atoms with Crippen molar-refractivity contribution < 1.29 is 27.5 Å². The van der Waals surface area contributed by atoms with E-state index in [1.165, 1.54) is 30.7 Å². The minimum Gasteiger partial charge on any atom is -0.482 e. The summed E-state index contributed by atoms with van der Waals surface area (Å²) in [5, 5.41) is 3.91. The van der Waals surface area contributed by atoms with Crippen LogP contribution >= 0.6 is 0 Å². The van der Waals surface area contributed by atoms with E-state index in [1.807, 2.05) is 0 Å². The predicted octanol–water partition coefficient (Wildman–Crippen LogP) is 3.15. The van der Waals surface area contributed by atoms with Crippen molar-refractivity contribution in [2.75, 3.05) is 17.5 Å². The summed E-state index contributed by atoms with van der Waals surface area (Å²) in [7, 11) is -4.02. The van der Waals surface area contributed by atoms with Crippen LogP contribution in [0.25, 0.3) is 0 Å².